The summed E-state index contributed by atoms with van der Waals surface area (Å²) in [6.45, 7) is 0. The summed E-state index contributed by atoms with van der Waals surface area (Å²) in [5.41, 5.74) is 6.22. The summed E-state index contributed by atoms with van der Waals surface area (Å²) in [6, 6.07) is 6.84. The largest absolute Gasteiger partial charge is 0.497 e. The number of nitrogens with one attached hydrogen (secondary N) is 1. The number of nitrogens with two attached hydrogens (primary N) is 1. The van der Waals surface area contributed by atoms with Gasteiger partial charge in [-0.1, -0.05) is 0 Å². The molecule has 7 heteroatoms. The van der Waals surface area contributed by atoms with Gasteiger partial charge in [-0.05, 0) is 35.7 Å². The molecule has 0 bridgehead atoms. The van der Waals surface area contributed by atoms with Crippen LogP contribution in [0.3, 0.4) is 0 Å². The summed E-state index contributed by atoms with van der Waals surface area (Å²) >= 11 is 1.23. The van der Waals surface area contributed by atoms with Gasteiger partial charge in [0.15, 0.2) is 0 Å². The summed E-state index contributed by atoms with van der Waals surface area (Å²) in [4.78, 5) is 23.2. The number of anilines is 1. The Hall–Kier alpha value is -2.80. The molecule has 0 aliphatic carbocycles. The van der Waals surface area contributed by atoms with Gasteiger partial charge < -0.3 is 20.5 Å². The molecule has 1 aromatic carbocycles. The number of carbonyl (C=O) groups excluding carboxylic acids is 2. The third-order valence-corrected chi connectivity index (χ3v) is 3.85. The quantitative estimate of drug-likeness (QED) is 0.795. The molecular formula is C16H16N2O4S. The van der Waals surface area contributed by atoms with Gasteiger partial charge in [0.25, 0.3) is 5.91 Å². The van der Waals surface area contributed by atoms with E-state index in [-0.39, 0.29) is 11.5 Å². The van der Waals surface area contributed by atoms with Crippen LogP contribution < -0.4 is 20.5 Å². The fourth-order valence-electron chi connectivity index (χ4n) is 1.89. The lowest BCUT2D eigenvalue weighted by Crippen LogP contribution is -2.14. The molecular weight excluding hydrogens is 316 g/mol. The van der Waals surface area contributed by atoms with Crippen molar-refractivity contribution in [3.8, 4) is 11.5 Å². The third kappa shape index (κ3) is 4.10. The van der Waals surface area contributed by atoms with Crippen molar-refractivity contribution in [3.05, 3.63) is 46.8 Å². The number of benzene rings is 1. The molecule has 0 fully saturated rings. The second-order valence-corrected chi connectivity index (χ2v) is 5.37. The summed E-state index contributed by atoms with van der Waals surface area (Å²) < 4.78 is 10.4. The molecule has 0 aliphatic heterocycles. The van der Waals surface area contributed by atoms with Crippen molar-refractivity contribution in [1.82, 2.24) is 0 Å². The van der Waals surface area contributed by atoms with E-state index in [2.05, 4.69) is 5.32 Å². The number of hydrogen-bond acceptors (Lipinski definition) is 5. The van der Waals surface area contributed by atoms with Gasteiger partial charge >= 0.3 is 0 Å². The van der Waals surface area contributed by atoms with Crippen LogP contribution in [0.15, 0.2) is 35.7 Å². The number of methoxy groups -OCH3 is 2. The van der Waals surface area contributed by atoms with E-state index in [9.17, 15) is 9.59 Å². The smallest absolute Gasteiger partial charge is 0.251 e. The Labute approximate surface area is 137 Å². The predicted octanol–water partition coefficient (Wildman–Crippen LogP) is 2.52. The highest BCUT2D eigenvalue weighted by Crippen LogP contribution is 2.26. The van der Waals surface area contributed by atoms with Gasteiger partial charge in [0.05, 0.1) is 19.8 Å². The van der Waals surface area contributed by atoms with Gasteiger partial charge in [-0.15, -0.1) is 11.3 Å². The van der Waals surface area contributed by atoms with Crippen LogP contribution in [-0.4, -0.2) is 26.0 Å². The van der Waals surface area contributed by atoms with Gasteiger partial charge in [-0.3, -0.25) is 9.59 Å². The average Bonchev–Trinajstić information content (AvgIpc) is 3.00. The van der Waals surface area contributed by atoms with Crippen molar-refractivity contribution in [2.45, 2.75) is 0 Å². The van der Waals surface area contributed by atoms with Gasteiger partial charge in [-0.2, -0.15) is 0 Å². The Morgan fingerprint density at radius 3 is 2.65 bits per heavy atom. The molecule has 1 heterocycles. The number of carbonyl (C=O) groups is 2. The van der Waals surface area contributed by atoms with E-state index >= 15 is 0 Å². The third-order valence-electron chi connectivity index (χ3n) is 3.02. The van der Waals surface area contributed by atoms with E-state index < -0.39 is 5.91 Å². The number of primary amides is 1. The van der Waals surface area contributed by atoms with Crippen LogP contribution in [0.25, 0.3) is 6.08 Å². The Morgan fingerprint density at radius 1 is 1.22 bits per heavy atom. The molecule has 0 saturated heterocycles. The van der Waals surface area contributed by atoms with E-state index in [0.29, 0.717) is 22.1 Å². The Morgan fingerprint density at radius 2 is 2.00 bits per heavy atom. The number of rotatable bonds is 6. The molecule has 2 aromatic rings. The lowest BCUT2D eigenvalue weighted by atomic mass is 10.1. The highest BCUT2D eigenvalue weighted by molar-refractivity contribution is 7.14. The number of hydrogen-bond donors (Lipinski definition) is 2. The molecule has 0 spiro atoms. The second-order valence-electron chi connectivity index (χ2n) is 4.46. The first kappa shape index (κ1) is 16.6. The fourth-order valence-corrected chi connectivity index (χ4v) is 2.68. The van der Waals surface area contributed by atoms with Crippen molar-refractivity contribution in [3.63, 3.8) is 0 Å². The minimum Gasteiger partial charge on any atom is -0.497 e. The van der Waals surface area contributed by atoms with E-state index in [1.165, 1.54) is 17.4 Å². The van der Waals surface area contributed by atoms with Crippen LogP contribution in [0.5, 0.6) is 11.5 Å². The minimum absolute atomic E-state index is 0.288. The van der Waals surface area contributed by atoms with E-state index in [1.807, 2.05) is 0 Å². The lowest BCUT2D eigenvalue weighted by Gasteiger charge is -2.07. The molecule has 0 unspecified atom stereocenters. The zero-order valence-corrected chi connectivity index (χ0v) is 13.5. The maximum atomic E-state index is 12.0. The SMILES string of the molecule is COc1ccc(OC)c(/C=C\C(=O)Nc2sccc2C(N)=O)c1. The van der Waals surface area contributed by atoms with Crippen LogP contribution in [0.4, 0.5) is 5.00 Å². The second kappa shape index (κ2) is 7.46. The topological polar surface area (TPSA) is 90.7 Å². The average molecular weight is 332 g/mol. The van der Waals surface area contributed by atoms with Crippen LogP contribution >= 0.6 is 11.3 Å². The molecule has 23 heavy (non-hydrogen) atoms. The highest BCUT2D eigenvalue weighted by Gasteiger charge is 2.11. The summed E-state index contributed by atoms with van der Waals surface area (Å²) in [5.74, 6) is 0.309. The molecule has 6 nitrogen and oxygen atoms in total. The predicted molar refractivity (Wildman–Crippen MR) is 90.0 cm³/mol. The van der Waals surface area contributed by atoms with E-state index in [0.717, 1.165) is 0 Å². The van der Waals surface area contributed by atoms with Gasteiger partial charge in [0.1, 0.15) is 16.5 Å². The van der Waals surface area contributed by atoms with Crippen LogP contribution in [0.1, 0.15) is 15.9 Å². The number of ether oxygens (including phenoxy) is 2. The lowest BCUT2D eigenvalue weighted by molar-refractivity contribution is -0.111. The van der Waals surface area contributed by atoms with Gasteiger partial charge in [0, 0.05) is 11.6 Å². The number of amides is 2. The van der Waals surface area contributed by atoms with E-state index in [4.69, 9.17) is 15.2 Å². The first-order valence-electron chi connectivity index (χ1n) is 6.63. The van der Waals surface area contributed by atoms with Crippen molar-refractivity contribution in [2.75, 3.05) is 19.5 Å². The molecule has 2 rings (SSSR count). The summed E-state index contributed by atoms with van der Waals surface area (Å²) in [7, 11) is 3.11. The van der Waals surface area contributed by atoms with Crippen LogP contribution in [0.2, 0.25) is 0 Å². The zero-order chi connectivity index (χ0) is 16.8. The fraction of sp³-hybridized carbons (Fsp3) is 0.125. The minimum atomic E-state index is -0.583. The maximum Gasteiger partial charge on any atom is 0.251 e. The Bertz CT molecular complexity index is 752. The maximum absolute atomic E-state index is 12.0. The van der Waals surface area contributed by atoms with Gasteiger partial charge in [0.2, 0.25) is 5.91 Å². The molecule has 0 aliphatic rings. The van der Waals surface area contributed by atoms with Crippen LogP contribution in [0, 0.1) is 0 Å². The highest BCUT2D eigenvalue weighted by atomic mass is 32.1. The van der Waals surface area contributed by atoms with Crippen LogP contribution in [-0.2, 0) is 4.79 Å². The van der Waals surface area contributed by atoms with Crippen molar-refractivity contribution >= 4 is 34.2 Å². The Balaban J connectivity index is 2.15. The van der Waals surface area contributed by atoms with Crippen molar-refractivity contribution in [2.24, 2.45) is 5.73 Å². The number of thiophene rings is 1. The Kier molecular flexibility index (Phi) is 5.37. The summed E-state index contributed by atoms with van der Waals surface area (Å²) in [5, 5.41) is 4.73. The first-order valence-corrected chi connectivity index (χ1v) is 7.51. The van der Waals surface area contributed by atoms with Gasteiger partial charge in [-0.25, -0.2) is 0 Å². The molecule has 120 valence electrons. The monoisotopic (exact) mass is 332 g/mol. The molecule has 0 saturated carbocycles. The molecule has 0 radical (unpaired) electrons. The van der Waals surface area contributed by atoms with Crippen molar-refractivity contribution in [1.29, 1.82) is 0 Å². The molecule has 2 amide bonds. The van der Waals surface area contributed by atoms with Crippen molar-refractivity contribution < 1.29 is 19.1 Å². The zero-order valence-electron chi connectivity index (χ0n) is 12.7. The molecule has 3 N–H and O–H groups in total. The summed E-state index contributed by atoms with van der Waals surface area (Å²) in [6.07, 6.45) is 2.95. The van der Waals surface area contributed by atoms with E-state index in [1.54, 1.807) is 49.9 Å². The first-order chi connectivity index (χ1) is 11.0. The normalized spacial score (nSPS) is 10.5. The molecule has 0 atom stereocenters. The molecule has 1 aromatic heterocycles. The standard InChI is InChI=1S/C16H16N2O4S/c1-21-11-4-5-13(22-2)10(9-11)3-6-14(19)18-16-12(15(17)20)7-8-23-16/h3-9H,1-2H3,(H2,17,20)(H,18,19)/b6-3-.